The summed E-state index contributed by atoms with van der Waals surface area (Å²) in [6.07, 6.45) is 2.74. The molecule has 4 rings (SSSR count). The molecule has 0 bridgehead atoms. The second-order valence-corrected chi connectivity index (χ2v) is 10.1. The summed E-state index contributed by atoms with van der Waals surface area (Å²) in [6, 6.07) is -0.0605. The Kier molecular flexibility index (Phi) is 6.76. The van der Waals surface area contributed by atoms with E-state index in [1.807, 2.05) is 20.8 Å². The van der Waals surface area contributed by atoms with Gasteiger partial charge in [-0.05, 0) is 24.3 Å². The fourth-order valence-corrected chi connectivity index (χ4v) is 3.96. The number of aromatic nitrogens is 3. The Morgan fingerprint density at radius 3 is 2.44 bits per heavy atom. The zero-order valence-corrected chi connectivity index (χ0v) is 20.4. The summed E-state index contributed by atoms with van der Waals surface area (Å²) in [5.41, 5.74) is -1.66. The van der Waals surface area contributed by atoms with Crippen molar-refractivity contribution in [3.05, 3.63) is 27.6 Å². The molecule has 13 nitrogen and oxygen atoms in total. The summed E-state index contributed by atoms with van der Waals surface area (Å²) in [5.74, 6) is -1.83. The third kappa shape index (κ3) is 5.35. The number of carbonyl (C=O) groups excluding carboxylic acids is 2. The molecular weight excluding hydrogens is 472 g/mol. The highest BCUT2D eigenvalue weighted by molar-refractivity contribution is 5.98. The summed E-state index contributed by atoms with van der Waals surface area (Å²) in [6.45, 7) is 7.49. The van der Waals surface area contributed by atoms with E-state index in [1.165, 1.54) is 16.7 Å². The number of hydrogen-bond donors (Lipinski definition) is 4. The topological polar surface area (TPSA) is 168 Å². The number of aromatic hydroxyl groups is 1. The van der Waals surface area contributed by atoms with Gasteiger partial charge in [0.25, 0.3) is 11.5 Å². The van der Waals surface area contributed by atoms with Crippen LogP contribution in [0.25, 0.3) is 11.7 Å². The normalized spacial score (nSPS) is 16.5. The van der Waals surface area contributed by atoms with Gasteiger partial charge in [-0.1, -0.05) is 20.8 Å². The van der Waals surface area contributed by atoms with Gasteiger partial charge >= 0.3 is 6.09 Å². The number of nitrogens with one attached hydrogen (secondary N) is 2. The van der Waals surface area contributed by atoms with Crippen molar-refractivity contribution in [1.82, 2.24) is 24.4 Å². The highest BCUT2D eigenvalue weighted by atomic mass is 16.5. The second kappa shape index (κ2) is 9.64. The second-order valence-electron chi connectivity index (χ2n) is 10.1. The molecule has 0 aromatic carbocycles. The van der Waals surface area contributed by atoms with E-state index in [2.05, 4.69) is 15.7 Å². The molecule has 2 aromatic rings. The molecule has 3 heterocycles. The molecule has 0 radical (unpaired) electrons. The number of nitrogens with zero attached hydrogens (tertiary/aromatic N) is 4. The summed E-state index contributed by atoms with van der Waals surface area (Å²) < 4.78 is 7.50. The summed E-state index contributed by atoms with van der Waals surface area (Å²) in [4.78, 5) is 51.9. The first-order valence-corrected chi connectivity index (χ1v) is 11.7. The lowest BCUT2D eigenvalue weighted by Crippen LogP contribution is -2.39. The lowest BCUT2D eigenvalue weighted by molar-refractivity contribution is -0.129. The Morgan fingerprint density at radius 1 is 1.19 bits per heavy atom. The Balaban J connectivity index is 1.91. The van der Waals surface area contributed by atoms with Crippen molar-refractivity contribution in [3.8, 4) is 5.88 Å². The number of anilines is 1. The van der Waals surface area contributed by atoms with Crippen LogP contribution >= 0.6 is 0 Å². The van der Waals surface area contributed by atoms with Crippen LogP contribution in [0, 0.1) is 5.41 Å². The standard InChI is InChI=1S/C23H30N6O7/c1-23(2,3)12-28-19-14(6-7-15(30)27-8-10-36-11-9-27)17(25-22(34)35)26-29(19)21(33)16(20(28)32)18(31)24-13-4-5-13/h6-7,13,32H,4-5,8-12H2,1-3H3,(H,24,31)(H,25,26)(H,34,35)/b7-6+. The van der Waals surface area contributed by atoms with E-state index in [0.717, 1.165) is 17.4 Å². The number of ether oxygens (including phenoxy) is 1. The minimum Gasteiger partial charge on any atom is -0.494 e. The van der Waals surface area contributed by atoms with Crippen molar-refractivity contribution in [2.24, 2.45) is 5.41 Å². The van der Waals surface area contributed by atoms with Gasteiger partial charge in [0.15, 0.2) is 17.0 Å². The van der Waals surface area contributed by atoms with E-state index in [4.69, 9.17) is 4.74 Å². The highest BCUT2D eigenvalue weighted by Gasteiger charge is 2.32. The molecule has 2 fully saturated rings. The highest BCUT2D eigenvalue weighted by Crippen LogP contribution is 2.30. The van der Waals surface area contributed by atoms with Gasteiger partial charge in [0.1, 0.15) is 0 Å². The Hall–Kier alpha value is -3.87. The van der Waals surface area contributed by atoms with Crippen LogP contribution in [0.3, 0.4) is 0 Å². The quantitative estimate of drug-likeness (QED) is 0.426. The van der Waals surface area contributed by atoms with Crippen molar-refractivity contribution in [2.75, 3.05) is 31.6 Å². The lowest BCUT2D eigenvalue weighted by atomic mass is 9.96. The number of carboxylic acid groups (broad SMARTS) is 1. The van der Waals surface area contributed by atoms with Crippen LogP contribution in [-0.4, -0.2) is 79.5 Å². The number of fused-ring (bicyclic) bond motifs is 1. The molecule has 3 amide bonds. The molecule has 2 aliphatic rings. The fourth-order valence-electron chi connectivity index (χ4n) is 3.96. The molecule has 0 spiro atoms. The lowest BCUT2D eigenvalue weighted by Gasteiger charge is -2.25. The van der Waals surface area contributed by atoms with E-state index < -0.39 is 34.4 Å². The Morgan fingerprint density at radius 2 is 1.86 bits per heavy atom. The zero-order chi connectivity index (χ0) is 26.2. The first kappa shape index (κ1) is 25.2. The molecule has 36 heavy (non-hydrogen) atoms. The van der Waals surface area contributed by atoms with Crippen molar-refractivity contribution >= 4 is 35.4 Å². The summed E-state index contributed by atoms with van der Waals surface area (Å²) in [7, 11) is 0. The van der Waals surface area contributed by atoms with Gasteiger partial charge < -0.3 is 25.2 Å². The van der Waals surface area contributed by atoms with Crippen molar-refractivity contribution in [3.63, 3.8) is 0 Å². The predicted octanol–water partition coefficient (Wildman–Crippen LogP) is 1.10. The fraction of sp³-hybridized carbons (Fsp3) is 0.522. The van der Waals surface area contributed by atoms with Gasteiger partial charge in [0.05, 0.1) is 18.8 Å². The third-order valence-electron chi connectivity index (χ3n) is 5.75. The molecule has 4 N–H and O–H groups in total. The van der Waals surface area contributed by atoms with Crippen molar-refractivity contribution in [2.45, 2.75) is 46.2 Å². The van der Waals surface area contributed by atoms with Gasteiger partial charge in [-0.2, -0.15) is 4.52 Å². The first-order valence-electron chi connectivity index (χ1n) is 11.7. The van der Waals surface area contributed by atoms with E-state index in [1.54, 1.807) is 4.90 Å². The van der Waals surface area contributed by atoms with Crippen LogP contribution in [0.5, 0.6) is 5.88 Å². The minimum atomic E-state index is -1.43. The molecule has 0 unspecified atom stereocenters. The van der Waals surface area contributed by atoms with E-state index in [9.17, 15) is 29.4 Å². The van der Waals surface area contributed by atoms with Crippen LogP contribution in [0.2, 0.25) is 0 Å². The van der Waals surface area contributed by atoms with Crippen molar-refractivity contribution in [1.29, 1.82) is 0 Å². The smallest absolute Gasteiger partial charge is 0.410 e. The number of amides is 3. The number of carbonyl (C=O) groups is 3. The molecular formula is C23H30N6O7. The Labute approximate surface area is 206 Å². The van der Waals surface area contributed by atoms with Gasteiger partial charge in [0, 0.05) is 31.8 Å². The molecule has 13 heteroatoms. The minimum absolute atomic E-state index is 0.0465. The maximum Gasteiger partial charge on any atom is 0.410 e. The molecule has 194 valence electrons. The largest absolute Gasteiger partial charge is 0.494 e. The summed E-state index contributed by atoms with van der Waals surface area (Å²) >= 11 is 0. The SMILES string of the molecule is CC(C)(C)Cn1c(O)c(C(=O)NC2CC2)c(=O)n2nc(NC(=O)O)c(/C=C/C(=O)N3CCOCC3)c12. The maximum absolute atomic E-state index is 13.3. The van der Waals surface area contributed by atoms with Crippen LogP contribution in [0.4, 0.5) is 10.6 Å². The van der Waals surface area contributed by atoms with Crippen LogP contribution in [-0.2, 0) is 16.1 Å². The average molecular weight is 503 g/mol. The molecule has 1 saturated heterocycles. The monoisotopic (exact) mass is 502 g/mol. The predicted molar refractivity (Wildman–Crippen MR) is 129 cm³/mol. The van der Waals surface area contributed by atoms with Crippen LogP contribution in [0.15, 0.2) is 10.9 Å². The van der Waals surface area contributed by atoms with Crippen LogP contribution in [0.1, 0.15) is 49.5 Å². The van der Waals surface area contributed by atoms with Gasteiger partial charge in [-0.25, -0.2) is 4.79 Å². The number of rotatable bonds is 6. The van der Waals surface area contributed by atoms with Crippen molar-refractivity contribution < 1.29 is 29.3 Å². The molecule has 2 aromatic heterocycles. The average Bonchev–Trinajstić information content (AvgIpc) is 3.54. The summed E-state index contributed by atoms with van der Waals surface area (Å²) in [5, 5.41) is 29.5. The molecule has 1 aliphatic heterocycles. The molecule has 0 atom stereocenters. The van der Waals surface area contributed by atoms with E-state index >= 15 is 0 Å². The van der Waals surface area contributed by atoms with Gasteiger partial charge in [0.2, 0.25) is 11.8 Å². The van der Waals surface area contributed by atoms with Gasteiger partial charge in [-0.15, -0.1) is 5.10 Å². The third-order valence-corrected chi connectivity index (χ3v) is 5.75. The van der Waals surface area contributed by atoms with Gasteiger partial charge in [-0.3, -0.25) is 24.3 Å². The van der Waals surface area contributed by atoms with E-state index in [0.29, 0.717) is 26.3 Å². The first-order chi connectivity index (χ1) is 17.0. The zero-order valence-electron chi connectivity index (χ0n) is 20.4. The van der Waals surface area contributed by atoms with E-state index in [-0.39, 0.29) is 35.5 Å². The van der Waals surface area contributed by atoms with Crippen LogP contribution < -0.4 is 16.2 Å². The maximum atomic E-state index is 13.3. The Bertz CT molecular complexity index is 1290. The number of morpholine rings is 1. The molecule has 1 saturated carbocycles. The molecule has 1 aliphatic carbocycles. The number of hydrogen-bond acceptors (Lipinski definition) is 7.